The van der Waals surface area contributed by atoms with Gasteiger partial charge in [0.1, 0.15) is 5.60 Å². The number of ether oxygens (including phenoxy) is 1. The van der Waals surface area contributed by atoms with Gasteiger partial charge in [-0.3, -0.25) is 0 Å². The smallest absolute Gasteiger partial charge is 0.407 e. The first-order valence-electron chi connectivity index (χ1n) is 6.15. The molecular weight excluding hydrogens is 228 g/mol. The Morgan fingerprint density at radius 3 is 2.44 bits per heavy atom. The molecule has 1 aromatic carbocycles. The monoisotopic (exact) mass is 250 g/mol. The van der Waals surface area contributed by atoms with Gasteiger partial charge in [-0.15, -0.1) is 0 Å². The van der Waals surface area contributed by atoms with Gasteiger partial charge in [0.25, 0.3) is 0 Å². The van der Waals surface area contributed by atoms with Crippen LogP contribution in [0.4, 0.5) is 10.5 Å². The number of rotatable bonds is 4. The van der Waals surface area contributed by atoms with E-state index in [2.05, 4.69) is 10.6 Å². The maximum absolute atomic E-state index is 11.5. The third-order valence-electron chi connectivity index (χ3n) is 2.15. The lowest BCUT2D eigenvalue weighted by atomic mass is 10.2. The number of carbonyl (C=O) groups is 1. The molecule has 100 valence electrons. The molecule has 1 aromatic rings. The minimum Gasteiger partial charge on any atom is -0.444 e. The topological polar surface area (TPSA) is 50.4 Å². The van der Waals surface area contributed by atoms with Gasteiger partial charge >= 0.3 is 6.09 Å². The quantitative estimate of drug-likeness (QED) is 0.863. The highest BCUT2D eigenvalue weighted by atomic mass is 16.6. The lowest BCUT2D eigenvalue weighted by Gasteiger charge is -2.22. The summed E-state index contributed by atoms with van der Waals surface area (Å²) in [5.74, 6) is 0. The predicted octanol–water partition coefficient (Wildman–Crippen LogP) is 3.01. The van der Waals surface area contributed by atoms with Gasteiger partial charge in [-0.1, -0.05) is 18.2 Å². The van der Waals surface area contributed by atoms with Crippen molar-refractivity contribution in [2.45, 2.75) is 39.3 Å². The summed E-state index contributed by atoms with van der Waals surface area (Å²) in [5, 5.41) is 6.03. The molecule has 0 aliphatic carbocycles. The summed E-state index contributed by atoms with van der Waals surface area (Å²) in [4.78, 5) is 11.5. The Bertz CT molecular complexity index is 371. The van der Waals surface area contributed by atoms with Gasteiger partial charge in [-0.25, -0.2) is 4.79 Å². The van der Waals surface area contributed by atoms with Crippen molar-refractivity contribution in [1.29, 1.82) is 0 Å². The van der Waals surface area contributed by atoms with Crippen molar-refractivity contribution in [3.8, 4) is 0 Å². The third kappa shape index (κ3) is 6.13. The molecule has 2 N–H and O–H groups in total. The molecule has 1 amide bonds. The Hall–Kier alpha value is -1.71. The molecule has 0 fully saturated rings. The molecule has 18 heavy (non-hydrogen) atoms. The molecule has 4 heteroatoms. The van der Waals surface area contributed by atoms with Crippen LogP contribution in [0.1, 0.15) is 27.7 Å². The fourth-order valence-electron chi connectivity index (χ4n) is 1.39. The number of amides is 1. The van der Waals surface area contributed by atoms with Crippen molar-refractivity contribution < 1.29 is 9.53 Å². The Morgan fingerprint density at radius 1 is 1.28 bits per heavy atom. The lowest BCUT2D eigenvalue weighted by molar-refractivity contribution is 0.0511. The van der Waals surface area contributed by atoms with Crippen molar-refractivity contribution in [3.63, 3.8) is 0 Å². The zero-order valence-electron chi connectivity index (χ0n) is 11.5. The maximum Gasteiger partial charge on any atom is 0.407 e. The molecule has 0 unspecified atom stereocenters. The molecule has 0 aliphatic rings. The predicted molar refractivity (Wildman–Crippen MR) is 73.8 cm³/mol. The van der Waals surface area contributed by atoms with Crippen LogP contribution in [0.3, 0.4) is 0 Å². The molecule has 1 rings (SSSR count). The first-order valence-corrected chi connectivity index (χ1v) is 6.15. The molecule has 0 radical (unpaired) electrons. The summed E-state index contributed by atoms with van der Waals surface area (Å²) in [6, 6.07) is 9.87. The molecule has 0 saturated heterocycles. The highest BCUT2D eigenvalue weighted by Gasteiger charge is 2.17. The SMILES string of the molecule is C[C@@H](CNc1ccccc1)NC(=O)OC(C)(C)C. The fraction of sp³-hybridized carbons (Fsp3) is 0.500. The average Bonchev–Trinajstić information content (AvgIpc) is 2.25. The fourth-order valence-corrected chi connectivity index (χ4v) is 1.39. The van der Waals surface area contributed by atoms with Gasteiger partial charge in [0, 0.05) is 18.3 Å². The summed E-state index contributed by atoms with van der Waals surface area (Å²) in [6.45, 7) is 8.13. The van der Waals surface area contributed by atoms with E-state index in [0.29, 0.717) is 6.54 Å². The standard InChI is InChI=1S/C14H22N2O2/c1-11(16-13(17)18-14(2,3)4)10-15-12-8-6-5-7-9-12/h5-9,11,15H,10H2,1-4H3,(H,16,17)/t11-/m0/s1. The van der Waals surface area contributed by atoms with Crippen LogP contribution in [0.5, 0.6) is 0 Å². The first-order chi connectivity index (χ1) is 8.37. The number of alkyl carbamates (subject to hydrolysis) is 1. The molecule has 0 spiro atoms. The summed E-state index contributed by atoms with van der Waals surface area (Å²) < 4.78 is 5.18. The van der Waals surface area contributed by atoms with Crippen LogP contribution in [-0.4, -0.2) is 24.3 Å². The molecule has 1 atom stereocenters. The van der Waals surface area contributed by atoms with Crippen LogP contribution in [0.15, 0.2) is 30.3 Å². The molecule has 0 bridgehead atoms. The van der Waals surface area contributed by atoms with Crippen molar-refractivity contribution >= 4 is 11.8 Å². The molecule has 0 aromatic heterocycles. The van der Waals surface area contributed by atoms with Crippen molar-refractivity contribution in [1.82, 2.24) is 5.32 Å². The van der Waals surface area contributed by atoms with Crippen molar-refractivity contribution in [2.24, 2.45) is 0 Å². The number of para-hydroxylation sites is 1. The van der Waals surface area contributed by atoms with Crippen molar-refractivity contribution in [3.05, 3.63) is 30.3 Å². The molecule has 0 heterocycles. The number of hydrogen-bond acceptors (Lipinski definition) is 3. The normalized spacial score (nSPS) is 12.7. The molecular formula is C14H22N2O2. The number of hydrogen-bond donors (Lipinski definition) is 2. The van der Waals surface area contributed by atoms with Gasteiger partial charge in [0.15, 0.2) is 0 Å². The summed E-state index contributed by atoms with van der Waals surface area (Å²) in [7, 11) is 0. The van der Waals surface area contributed by atoms with E-state index in [4.69, 9.17) is 4.74 Å². The summed E-state index contributed by atoms with van der Waals surface area (Å²) in [6.07, 6.45) is -0.384. The zero-order valence-corrected chi connectivity index (χ0v) is 11.5. The largest absolute Gasteiger partial charge is 0.444 e. The number of anilines is 1. The highest BCUT2D eigenvalue weighted by Crippen LogP contribution is 2.07. The number of nitrogens with one attached hydrogen (secondary N) is 2. The van der Waals surface area contributed by atoms with Gasteiger partial charge in [-0.05, 0) is 39.8 Å². The second-order valence-electron chi connectivity index (χ2n) is 5.29. The zero-order chi connectivity index (χ0) is 13.6. The van der Waals surface area contributed by atoms with E-state index < -0.39 is 5.60 Å². The van der Waals surface area contributed by atoms with Crippen molar-refractivity contribution in [2.75, 3.05) is 11.9 Å². The minimum atomic E-state index is -0.462. The Labute approximate surface area is 109 Å². The summed E-state index contributed by atoms with van der Waals surface area (Å²) in [5.41, 5.74) is 0.576. The lowest BCUT2D eigenvalue weighted by Crippen LogP contribution is -2.40. The molecule has 4 nitrogen and oxygen atoms in total. The van der Waals surface area contributed by atoms with Gasteiger partial charge in [-0.2, -0.15) is 0 Å². The first kappa shape index (κ1) is 14.4. The maximum atomic E-state index is 11.5. The average molecular weight is 250 g/mol. The van der Waals surface area contributed by atoms with Crippen LogP contribution in [0.2, 0.25) is 0 Å². The van der Waals surface area contributed by atoms with Gasteiger partial charge < -0.3 is 15.4 Å². The Balaban J connectivity index is 2.29. The van der Waals surface area contributed by atoms with Gasteiger partial charge in [0.05, 0.1) is 0 Å². The van der Waals surface area contributed by atoms with E-state index in [1.165, 1.54) is 0 Å². The van der Waals surface area contributed by atoms with Crippen LogP contribution < -0.4 is 10.6 Å². The van der Waals surface area contributed by atoms with Crippen LogP contribution in [0, 0.1) is 0 Å². The van der Waals surface area contributed by atoms with E-state index in [0.717, 1.165) is 5.69 Å². The van der Waals surface area contributed by atoms with Gasteiger partial charge in [0.2, 0.25) is 0 Å². The second kappa shape index (κ2) is 6.28. The highest BCUT2D eigenvalue weighted by molar-refractivity contribution is 5.68. The summed E-state index contributed by atoms with van der Waals surface area (Å²) >= 11 is 0. The molecule has 0 saturated carbocycles. The molecule has 0 aliphatic heterocycles. The number of benzene rings is 1. The van der Waals surface area contributed by atoms with E-state index in [9.17, 15) is 4.79 Å². The Morgan fingerprint density at radius 2 is 1.89 bits per heavy atom. The van der Waals surface area contributed by atoms with Crippen LogP contribution >= 0.6 is 0 Å². The van der Waals surface area contributed by atoms with E-state index >= 15 is 0 Å². The third-order valence-corrected chi connectivity index (χ3v) is 2.15. The van der Waals surface area contributed by atoms with E-state index in [-0.39, 0.29) is 12.1 Å². The van der Waals surface area contributed by atoms with Crippen LogP contribution in [0.25, 0.3) is 0 Å². The minimum absolute atomic E-state index is 0.0000520. The van der Waals surface area contributed by atoms with E-state index in [1.54, 1.807) is 0 Å². The van der Waals surface area contributed by atoms with Crippen LogP contribution in [-0.2, 0) is 4.74 Å². The van der Waals surface area contributed by atoms with E-state index in [1.807, 2.05) is 58.0 Å². The Kier molecular flexibility index (Phi) is 5.01. The second-order valence-corrected chi connectivity index (χ2v) is 5.29. The number of carbonyl (C=O) groups excluding carboxylic acids is 1.